The highest BCUT2D eigenvalue weighted by atomic mass is 35.5. The molecule has 1 saturated carbocycles. The molecule has 3 atom stereocenters. The van der Waals surface area contributed by atoms with Crippen LogP contribution in [0.1, 0.15) is 38.2 Å². The van der Waals surface area contributed by atoms with E-state index in [2.05, 4.69) is 18.3 Å². The van der Waals surface area contributed by atoms with E-state index in [1.807, 2.05) is 25.2 Å². The summed E-state index contributed by atoms with van der Waals surface area (Å²) < 4.78 is 0. The maximum atomic E-state index is 12.2. The molecule has 21 heavy (non-hydrogen) atoms. The lowest BCUT2D eigenvalue weighted by atomic mass is 9.86. The second kappa shape index (κ2) is 7.81. The number of carbonyl (C=O) groups is 1. The zero-order valence-corrected chi connectivity index (χ0v) is 13.7. The van der Waals surface area contributed by atoms with E-state index < -0.39 is 0 Å². The standard InChI is InChI=1S/C17H25ClN2O/c1-13-6-3-4-9-16(13)19-17(21)12-20(2)11-14-7-5-8-15(18)10-14/h5,7-8,10,13,16H,3-4,6,9,11-12H2,1-2H3,(H,19,21)/p+1/t13-,16+/m1/s1. The minimum atomic E-state index is 0.160. The summed E-state index contributed by atoms with van der Waals surface area (Å²) in [4.78, 5) is 13.3. The third-order valence-electron chi connectivity index (χ3n) is 4.32. The average molecular weight is 310 g/mol. The maximum Gasteiger partial charge on any atom is 0.275 e. The number of hydrogen-bond donors (Lipinski definition) is 2. The van der Waals surface area contributed by atoms with Crippen molar-refractivity contribution in [2.45, 2.75) is 45.2 Å². The Bertz CT molecular complexity index is 478. The van der Waals surface area contributed by atoms with Gasteiger partial charge in [0.15, 0.2) is 6.54 Å². The van der Waals surface area contributed by atoms with Crippen molar-refractivity contribution < 1.29 is 9.69 Å². The molecule has 0 aromatic heterocycles. The Balaban J connectivity index is 1.79. The Morgan fingerprint density at radius 3 is 2.86 bits per heavy atom. The Morgan fingerprint density at radius 2 is 2.14 bits per heavy atom. The molecule has 1 aliphatic carbocycles. The summed E-state index contributed by atoms with van der Waals surface area (Å²) in [6.07, 6.45) is 4.89. The van der Waals surface area contributed by atoms with Crippen LogP contribution in [0.4, 0.5) is 0 Å². The van der Waals surface area contributed by atoms with Gasteiger partial charge >= 0.3 is 0 Å². The van der Waals surface area contributed by atoms with E-state index >= 15 is 0 Å². The van der Waals surface area contributed by atoms with Crippen LogP contribution in [-0.2, 0) is 11.3 Å². The normalized spacial score (nSPS) is 23.6. The highest BCUT2D eigenvalue weighted by Crippen LogP contribution is 2.23. The molecular formula is C17H26ClN2O+. The second-order valence-corrected chi connectivity index (χ2v) is 6.81. The molecule has 1 aromatic rings. The number of likely N-dealkylation sites (N-methyl/N-ethyl adjacent to an activating group) is 1. The van der Waals surface area contributed by atoms with Crippen molar-refractivity contribution in [2.75, 3.05) is 13.6 Å². The number of amides is 1. The molecule has 0 saturated heterocycles. The van der Waals surface area contributed by atoms with E-state index in [-0.39, 0.29) is 5.91 Å². The molecule has 2 N–H and O–H groups in total. The Hall–Kier alpha value is -1.06. The first-order valence-corrected chi connectivity index (χ1v) is 8.27. The van der Waals surface area contributed by atoms with Gasteiger partial charge in [-0.2, -0.15) is 0 Å². The van der Waals surface area contributed by atoms with E-state index in [0.717, 1.165) is 18.0 Å². The first-order chi connectivity index (χ1) is 10.0. The van der Waals surface area contributed by atoms with E-state index in [4.69, 9.17) is 11.6 Å². The minimum absolute atomic E-state index is 0.160. The monoisotopic (exact) mass is 309 g/mol. The van der Waals surface area contributed by atoms with Crippen LogP contribution in [0.3, 0.4) is 0 Å². The van der Waals surface area contributed by atoms with Gasteiger partial charge < -0.3 is 10.2 Å². The summed E-state index contributed by atoms with van der Waals surface area (Å²) >= 11 is 5.99. The minimum Gasteiger partial charge on any atom is -0.348 e. The molecule has 1 aliphatic rings. The van der Waals surface area contributed by atoms with Crippen molar-refractivity contribution in [2.24, 2.45) is 5.92 Å². The van der Waals surface area contributed by atoms with E-state index in [1.54, 1.807) is 0 Å². The van der Waals surface area contributed by atoms with Crippen LogP contribution in [0.15, 0.2) is 24.3 Å². The van der Waals surface area contributed by atoms with Gasteiger partial charge in [-0.3, -0.25) is 4.79 Å². The van der Waals surface area contributed by atoms with Crippen LogP contribution in [0.5, 0.6) is 0 Å². The smallest absolute Gasteiger partial charge is 0.275 e. The molecule has 4 heteroatoms. The van der Waals surface area contributed by atoms with Gasteiger partial charge in [-0.15, -0.1) is 0 Å². The van der Waals surface area contributed by atoms with E-state index in [9.17, 15) is 4.79 Å². The quantitative estimate of drug-likeness (QED) is 0.857. The lowest BCUT2D eigenvalue weighted by molar-refractivity contribution is -0.885. The number of halogens is 1. The van der Waals surface area contributed by atoms with Gasteiger partial charge in [-0.05, 0) is 30.9 Å². The zero-order valence-electron chi connectivity index (χ0n) is 13.0. The van der Waals surface area contributed by atoms with Crippen molar-refractivity contribution in [3.05, 3.63) is 34.9 Å². The molecule has 0 bridgehead atoms. The summed E-state index contributed by atoms with van der Waals surface area (Å²) in [7, 11) is 2.05. The number of quaternary nitrogens is 1. The summed E-state index contributed by atoms with van der Waals surface area (Å²) in [5.74, 6) is 0.768. The largest absolute Gasteiger partial charge is 0.348 e. The molecular weight excluding hydrogens is 284 g/mol. The second-order valence-electron chi connectivity index (χ2n) is 6.38. The molecule has 0 aliphatic heterocycles. The van der Waals surface area contributed by atoms with Crippen molar-refractivity contribution in [3.8, 4) is 0 Å². The van der Waals surface area contributed by atoms with Gasteiger partial charge in [0.05, 0.1) is 7.05 Å². The predicted molar refractivity (Wildman–Crippen MR) is 86.5 cm³/mol. The highest BCUT2D eigenvalue weighted by Gasteiger charge is 2.23. The molecule has 0 heterocycles. The van der Waals surface area contributed by atoms with Gasteiger partial charge in [-0.1, -0.05) is 43.5 Å². The molecule has 2 rings (SSSR count). The number of carbonyl (C=O) groups excluding carboxylic acids is 1. The third-order valence-corrected chi connectivity index (χ3v) is 4.55. The predicted octanol–water partition coefficient (Wildman–Crippen LogP) is 2.05. The lowest BCUT2D eigenvalue weighted by Crippen LogP contribution is -3.09. The third kappa shape index (κ3) is 5.33. The molecule has 1 unspecified atom stereocenters. The van der Waals surface area contributed by atoms with Crippen LogP contribution in [-0.4, -0.2) is 25.5 Å². The van der Waals surface area contributed by atoms with Gasteiger partial charge in [0, 0.05) is 16.6 Å². The number of rotatable bonds is 5. The molecule has 1 amide bonds. The highest BCUT2D eigenvalue weighted by molar-refractivity contribution is 6.30. The van der Waals surface area contributed by atoms with Crippen molar-refractivity contribution in [3.63, 3.8) is 0 Å². The molecule has 1 aromatic carbocycles. The van der Waals surface area contributed by atoms with Crippen LogP contribution >= 0.6 is 11.6 Å². The Labute approximate surface area is 132 Å². The molecule has 0 spiro atoms. The topological polar surface area (TPSA) is 33.5 Å². The van der Waals surface area contributed by atoms with Crippen molar-refractivity contribution in [1.82, 2.24) is 5.32 Å². The molecule has 116 valence electrons. The van der Waals surface area contributed by atoms with Crippen LogP contribution in [0.2, 0.25) is 5.02 Å². The van der Waals surface area contributed by atoms with Crippen molar-refractivity contribution in [1.29, 1.82) is 0 Å². The SMILES string of the molecule is C[C@@H]1CCCC[C@@H]1NC(=O)C[NH+](C)Cc1cccc(Cl)c1. The van der Waals surface area contributed by atoms with E-state index in [1.165, 1.54) is 29.7 Å². The summed E-state index contributed by atoms with van der Waals surface area (Å²) in [6, 6.07) is 8.21. The molecule has 0 radical (unpaired) electrons. The maximum absolute atomic E-state index is 12.2. The Morgan fingerprint density at radius 1 is 1.38 bits per heavy atom. The summed E-state index contributed by atoms with van der Waals surface area (Å²) in [6.45, 7) is 3.57. The fourth-order valence-corrected chi connectivity index (χ4v) is 3.33. The number of benzene rings is 1. The summed E-state index contributed by atoms with van der Waals surface area (Å²) in [5, 5.41) is 3.96. The first kappa shape index (κ1) is 16.3. The van der Waals surface area contributed by atoms with Crippen LogP contribution < -0.4 is 10.2 Å². The van der Waals surface area contributed by atoms with Gasteiger partial charge in [0.25, 0.3) is 5.91 Å². The summed E-state index contributed by atoms with van der Waals surface area (Å²) in [5.41, 5.74) is 1.17. The fourth-order valence-electron chi connectivity index (χ4n) is 3.12. The average Bonchev–Trinajstić information content (AvgIpc) is 2.41. The van der Waals surface area contributed by atoms with E-state index in [0.29, 0.717) is 18.5 Å². The van der Waals surface area contributed by atoms with Crippen LogP contribution in [0, 0.1) is 5.92 Å². The van der Waals surface area contributed by atoms with Gasteiger partial charge in [-0.25, -0.2) is 0 Å². The van der Waals surface area contributed by atoms with Gasteiger partial charge in [0.1, 0.15) is 6.54 Å². The molecule has 3 nitrogen and oxygen atoms in total. The number of nitrogens with one attached hydrogen (secondary N) is 2. The molecule has 1 fully saturated rings. The first-order valence-electron chi connectivity index (χ1n) is 7.89. The van der Waals surface area contributed by atoms with Crippen LogP contribution in [0.25, 0.3) is 0 Å². The fraction of sp³-hybridized carbons (Fsp3) is 0.588. The Kier molecular flexibility index (Phi) is 6.07. The zero-order chi connectivity index (χ0) is 15.2. The lowest BCUT2D eigenvalue weighted by Gasteiger charge is -2.29. The van der Waals surface area contributed by atoms with Gasteiger partial charge in [0.2, 0.25) is 0 Å². The number of hydrogen-bond acceptors (Lipinski definition) is 1. The van der Waals surface area contributed by atoms with Crippen molar-refractivity contribution >= 4 is 17.5 Å².